The number of benzene rings is 9. The van der Waals surface area contributed by atoms with Crippen molar-refractivity contribution < 1.29 is 0 Å². The predicted octanol–water partition coefficient (Wildman–Crippen LogP) is 13.3. The van der Waals surface area contributed by atoms with Crippen molar-refractivity contribution in [3.63, 3.8) is 0 Å². The zero-order valence-electron chi connectivity index (χ0n) is 24.9. The van der Waals surface area contributed by atoms with E-state index in [9.17, 15) is 0 Å². The second kappa shape index (κ2) is 9.90. The molecular weight excluding hydrogens is 575 g/mol. The number of rotatable bonds is 3. The fourth-order valence-corrected chi connectivity index (χ4v) is 8.89. The van der Waals surface area contributed by atoms with Crippen molar-refractivity contribution >= 4 is 102 Å². The van der Waals surface area contributed by atoms with E-state index in [1.54, 1.807) is 0 Å². The molecule has 0 atom stereocenters. The first-order valence-electron chi connectivity index (χ1n) is 15.8. The van der Waals surface area contributed by atoms with Crippen LogP contribution >= 0.6 is 11.3 Å². The van der Waals surface area contributed by atoms with Crippen LogP contribution in [-0.2, 0) is 0 Å². The molecule has 46 heavy (non-hydrogen) atoms. The Morgan fingerprint density at radius 1 is 0.326 bits per heavy atom. The summed E-state index contributed by atoms with van der Waals surface area (Å²) >= 11 is 1.92. The first-order valence-corrected chi connectivity index (χ1v) is 16.6. The van der Waals surface area contributed by atoms with Gasteiger partial charge in [-0.2, -0.15) is 0 Å². The number of anilines is 3. The van der Waals surface area contributed by atoms with Crippen LogP contribution < -0.4 is 4.90 Å². The van der Waals surface area contributed by atoms with Gasteiger partial charge in [-0.05, 0) is 67.4 Å². The Hall–Kier alpha value is -5.70. The topological polar surface area (TPSA) is 3.24 Å². The molecule has 0 amide bonds. The number of fused-ring (bicyclic) bond motifs is 12. The Bertz CT molecular complexity index is 2820. The van der Waals surface area contributed by atoms with Gasteiger partial charge < -0.3 is 4.90 Å². The fourth-order valence-electron chi connectivity index (χ4n) is 7.53. The summed E-state index contributed by atoms with van der Waals surface area (Å²) in [5, 5.41) is 15.4. The highest BCUT2D eigenvalue weighted by Gasteiger charge is 2.22. The van der Waals surface area contributed by atoms with E-state index < -0.39 is 0 Å². The lowest BCUT2D eigenvalue weighted by molar-refractivity contribution is 1.33. The molecule has 0 radical (unpaired) electrons. The molecule has 0 spiro atoms. The zero-order valence-corrected chi connectivity index (χ0v) is 25.8. The minimum atomic E-state index is 1.15. The first-order chi connectivity index (χ1) is 22.8. The van der Waals surface area contributed by atoms with Crippen molar-refractivity contribution in [2.75, 3.05) is 4.90 Å². The third kappa shape index (κ3) is 3.68. The number of thiophene rings is 1. The van der Waals surface area contributed by atoms with Gasteiger partial charge in [0.1, 0.15) is 0 Å². The lowest BCUT2D eigenvalue weighted by Crippen LogP contribution is -2.11. The average Bonchev–Trinajstić information content (AvgIpc) is 3.53. The quantitative estimate of drug-likeness (QED) is 0.182. The molecule has 0 unspecified atom stereocenters. The highest BCUT2D eigenvalue weighted by atomic mass is 32.1. The zero-order chi connectivity index (χ0) is 30.2. The van der Waals surface area contributed by atoms with Crippen molar-refractivity contribution in [2.45, 2.75) is 0 Å². The summed E-state index contributed by atoms with van der Waals surface area (Å²) in [7, 11) is 0. The van der Waals surface area contributed by atoms with Crippen LogP contribution in [0.15, 0.2) is 164 Å². The lowest BCUT2D eigenvalue weighted by Gasteiger charge is -2.28. The molecule has 0 aliphatic rings. The van der Waals surface area contributed by atoms with Gasteiger partial charge in [-0.3, -0.25) is 0 Å². The molecule has 2 heteroatoms. The smallest absolute Gasteiger partial charge is 0.0640 e. The summed E-state index contributed by atoms with van der Waals surface area (Å²) in [6.07, 6.45) is 0. The van der Waals surface area contributed by atoms with Crippen LogP contribution in [0.1, 0.15) is 0 Å². The van der Waals surface area contributed by atoms with Crippen LogP contribution in [0.25, 0.3) is 74.0 Å². The van der Waals surface area contributed by atoms with Crippen LogP contribution in [0.5, 0.6) is 0 Å². The van der Waals surface area contributed by atoms with Gasteiger partial charge in [-0.15, -0.1) is 11.3 Å². The molecule has 0 aliphatic carbocycles. The Kier molecular flexibility index (Phi) is 5.51. The third-order valence-electron chi connectivity index (χ3n) is 9.57. The Morgan fingerprint density at radius 2 is 0.891 bits per heavy atom. The van der Waals surface area contributed by atoms with E-state index >= 15 is 0 Å². The molecule has 0 aliphatic heterocycles. The van der Waals surface area contributed by atoms with Crippen LogP contribution in [0.2, 0.25) is 0 Å². The number of hydrogen-bond donors (Lipinski definition) is 0. The summed E-state index contributed by atoms with van der Waals surface area (Å²) in [6, 6.07) is 60.2. The van der Waals surface area contributed by atoms with E-state index in [0.29, 0.717) is 0 Å². The molecule has 1 aromatic heterocycles. The van der Waals surface area contributed by atoms with Gasteiger partial charge in [0.25, 0.3) is 0 Å². The minimum absolute atomic E-state index is 1.15. The van der Waals surface area contributed by atoms with Crippen molar-refractivity contribution in [3.8, 4) is 0 Å². The van der Waals surface area contributed by atoms with Gasteiger partial charge in [0.05, 0.1) is 16.1 Å². The Balaban J connectivity index is 1.37. The van der Waals surface area contributed by atoms with Gasteiger partial charge >= 0.3 is 0 Å². The summed E-state index contributed by atoms with van der Waals surface area (Å²) in [6.45, 7) is 0. The Labute approximate surface area is 270 Å². The molecule has 10 aromatic rings. The number of nitrogens with zero attached hydrogens (tertiary/aromatic N) is 1. The van der Waals surface area contributed by atoms with Crippen LogP contribution in [0.3, 0.4) is 0 Å². The summed E-state index contributed by atoms with van der Waals surface area (Å²) in [5.74, 6) is 0. The fraction of sp³-hybridized carbons (Fsp3) is 0. The highest BCUT2D eigenvalue weighted by Crippen LogP contribution is 2.50. The van der Waals surface area contributed by atoms with E-state index in [2.05, 4.69) is 169 Å². The van der Waals surface area contributed by atoms with Crippen molar-refractivity contribution in [1.82, 2.24) is 0 Å². The maximum absolute atomic E-state index is 2.50. The van der Waals surface area contributed by atoms with Crippen molar-refractivity contribution in [1.29, 1.82) is 0 Å². The standard InChI is InChI=1S/C44H27NS/c1-2-13-29-26-31(25-24-28(29)12-1)45(41-27-30-14-3-4-15-32(30)33-16-5-8-19-36(33)41)40-23-11-22-39-42-37-20-9-6-17-34(37)35-18-7-10-21-38(35)44(42)46-43(39)40/h1-27H. The third-order valence-corrected chi connectivity index (χ3v) is 10.8. The molecule has 0 N–H and O–H groups in total. The number of hydrogen-bond acceptors (Lipinski definition) is 2. The predicted molar refractivity (Wildman–Crippen MR) is 202 cm³/mol. The second-order valence-electron chi connectivity index (χ2n) is 12.1. The van der Waals surface area contributed by atoms with E-state index in [4.69, 9.17) is 0 Å². The summed E-state index contributed by atoms with van der Waals surface area (Å²) in [5.41, 5.74) is 3.53. The van der Waals surface area contributed by atoms with Gasteiger partial charge in [-0.1, -0.05) is 140 Å². The van der Waals surface area contributed by atoms with Crippen molar-refractivity contribution in [2.24, 2.45) is 0 Å². The molecule has 0 fully saturated rings. The van der Waals surface area contributed by atoms with Crippen LogP contribution in [0.4, 0.5) is 17.1 Å². The monoisotopic (exact) mass is 601 g/mol. The van der Waals surface area contributed by atoms with E-state index in [0.717, 1.165) is 5.69 Å². The van der Waals surface area contributed by atoms with E-state index in [1.807, 2.05) is 11.3 Å². The molecule has 1 nitrogen and oxygen atoms in total. The largest absolute Gasteiger partial charge is 0.308 e. The van der Waals surface area contributed by atoms with Crippen LogP contribution in [-0.4, -0.2) is 0 Å². The normalized spacial score (nSPS) is 11.9. The Morgan fingerprint density at radius 3 is 1.67 bits per heavy atom. The molecule has 9 aromatic carbocycles. The van der Waals surface area contributed by atoms with Crippen molar-refractivity contribution in [3.05, 3.63) is 164 Å². The minimum Gasteiger partial charge on any atom is -0.308 e. The van der Waals surface area contributed by atoms with Gasteiger partial charge in [0.15, 0.2) is 0 Å². The van der Waals surface area contributed by atoms with Gasteiger partial charge in [0, 0.05) is 31.9 Å². The maximum atomic E-state index is 2.50. The van der Waals surface area contributed by atoms with E-state index in [1.165, 1.54) is 85.4 Å². The molecular formula is C44H27NS. The molecule has 0 bridgehead atoms. The molecule has 10 rings (SSSR count). The van der Waals surface area contributed by atoms with Crippen LogP contribution in [0, 0.1) is 0 Å². The SMILES string of the molecule is c1ccc2cc(N(c3cc4ccccc4c4ccccc34)c3cccc4c3sc3c5ccccc5c5ccccc5c43)ccc2c1. The maximum Gasteiger partial charge on any atom is 0.0640 e. The average molecular weight is 602 g/mol. The summed E-state index contributed by atoms with van der Waals surface area (Å²) in [4.78, 5) is 2.50. The second-order valence-corrected chi connectivity index (χ2v) is 13.1. The summed E-state index contributed by atoms with van der Waals surface area (Å²) < 4.78 is 2.64. The molecule has 1 heterocycles. The molecule has 0 saturated heterocycles. The van der Waals surface area contributed by atoms with Gasteiger partial charge in [-0.25, -0.2) is 0 Å². The highest BCUT2D eigenvalue weighted by molar-refractivity contribution is 7.27. The van der Waals surface area contributed by atoms with E-state index in [-0.39, 0.29) is 0 Å². The lowest BCUT2D eigenvalue weighted by atomic mass is 9.96. The molecule has 0 saturated carbocycles. The first kappa shape index (κ1) is 25.6. The molecule has 214 valence electrons. The van der Waals surface area contributed by atoms with Gasteiger partial charge in [0.2, 0.25) is 0 Å².